The van der Waals surface area contributed by atoms with Gasteiger partial charge in [0.1, 0.15) is 12.2 Å². The summed E-state index contributed by atoms with van der Waals surface area (Å²) in [6.45, 7) is 2.72. The molecule has 0 saturated heterocycles. The Morgan fingerprint density at radius 2 is 1.76 bits per heavy atom. The van der Waals surface area contributed by atoms with Crippen molar-refractivity contribution in [3.05, 3.63) is 120 Å². The van der Waals surface area contributed by atoms with E-state index >= 15 is 0 Å². The Labute approximate surface area is 262 Å². The van der Waals surface area contributed by atoms with Gasteiger partial charge in [0, 0.05) is 24.9 Å². The molecule has 0 fully saturated rings. The fourth-order valence-corrected chi connectivity index (χ4v) is 5.28. The summed E-state index contributed by atoms with van der Waals surface area (Å²) in [5, 5.41) is 6.39. The standard InChI is InChI=1S/C32H22Br2ClN3O4/c1-2-40-28-15-21(25(34)16-29(28)41-18-19-7-9-22(33)10-8-19)17-36-38-31(37-26-6-4-3-5-24(26)32(38)39)30-14-20-13-23(35)11-12-27(20)42-30/h3-17H,2,18H2,1H3. The van der Waals surface area contributed by atoms with E-state index in [1.807, 2.05) is 49.4 Å². The second-order valence-corrected chi connectivity index (χ2v) is 11.5. The maximum atomic E-state index is 13.6. The van der Waals surface area contributed by atoms with Crippen LogP contribution in [0.25, 0.3) is 33.5 Å². The Kier molecular flexibility index (Phi) is 8.15. The highest BCUT2D eigenvalue weighted by Crippen LogP contribution is 2.34. The van der Waals surface area contributed by atoms with Gasteiger partial charge in [-0.2, -0.15) is 9.78 Å². The van der Waals surface area contributed by atoms with Crippen molar-refractivity contribution < 1.29 is 13.9 Å². The molecule has 0 aliphatic carbocycles. The van der Waals surface area contributed by atoms with Crippen molar-refractivity contribution in [1.29, 1.82) is 0 Å². The minimum Gasteiger partial charge on any atom is -0.490 e. The molecule has 7 nitrogen and oxygen atoms in total. The summed E-state index contributed by atoms with van der Waals surface area (Å²) in [5.41, 5.74) is 2.52. The van der Waals surface area contributed by atoms with Crippen LogP contribution in [0.3, 0.4) is 0 Å². The zero-order valence-corrected chi connectivity index (χ0v) is 26.1. The lowest BCUT2D eigenvalue weighted by molar-refractivity contribution is 0.269. The summed E-state index contributed by atoms with van der Waals surface area (Å²) in [6.07, 6.45) is 1.58. The van der Waals surface area contributed by atoms with Gasteiger partial charge in [-0.15, -0.1) is 0 Å². The number of para-hydroxylation sites is 1. The van der Waals surface area contributed by atoms with E-state index in [1.165, 1.54) is 4.68 Å². The third-order valence-electron chi connectivity index (χ3n) is 6.44. The normalized spacial score (nSPS) is 11.5. The van der Waals surface area contributed by atoms with Gasteiger partial charge in [0.15, 0.2) is 17.3 Å². The Morgan fingerprint density at radius 1 is 0.976 bits per heavy atom. The zero-order valence-electron chi connectivity index (χ0n) is 22.2. The highest BCUT2D eigenvalue weighted by molar-refractivity contribution is 9.10. The molecule has 6 rings (SSSR count). The van der Waals surface area contributed by atoms with Gasteiger partial charge in [-0.3, -0.25) is 4.79 Å². The first kappa shape index (κ1) is 28.2. The molecular formula is C32H22Br2ClN3O4. The number of aromatic nitrogens is 2. The summed E-state index contributed by atoms with van der Waals surface area (Å²) in [4.78, 5) is 18.4. The van der Waals surface area contributed by atoms with E-state index in [4.69, 9.17) is 30.5 Å². The molecule has 0 bridgehead atoms. The molecule has 0 aliphatic heterocycles. The molecule has 2 aromatic heterocycles. The van der Waals surface area contributed by atoms with Crippen LogP contribution in [-0.2, 0) is 6.61 Å². The summed E-state index contributed by atoms with van der Waals surface area (Å²) in [5.74, 6) is 1.78. The van der Waals surface area contributed by atoms with Crippen molar-refractivity contribution >= 4 is 71.5 Å². The van der Waals surface area contributed by atoms with Crippen LogP contribution in [-0.4, -0.2) is 22.5 Å². The van der Waals surface area contributed by atoms with Gasteiger partial charge in [-0.25, -0.2) is 4.98 Å². The van der Waals surface area contributed by atoms with Gasteiger partial charge in [0.2, 0.25) is 5.82 Å². The summed E-state index contributed by atoms with van der Waals surface area (Å²) >= 11 is 13.3. The first-order chi connectivity index (χ1) is 20.4. The Balaban J connectivity index is 1.40. The second kappa shape index (κ2) is 12.1. The third kappa shape index (κ3) is 5.86. The van der Waals surface area contributed by atoms with E-state index in [2.05, 4.69) is 37.0 Å². The molecule has 210 valence electrons. The lowest BCUT2D eigenvalue weighted by atomic mass is 10.2. The van der Waals surface area contributed by atoms with Crippen LogP contribution >= 0.6 is 43.5 Å². The zero-order chi connectivity index (χ0) is 29.2. The highest BCUT2D eigenvalue weighted by atomic mass is 79.9. The van der Waals surface area contributed by atoms with Crippen LogP contribution in [0.1, 0.15) is 18.1 Å². The molecule has 0 radical (unpaired) electrons. The molecular weight excluding hydrogens is 686 g/mol. The summed E-state index contributed by atoms with van der Waals surface area (Å²) < 4.78 is 21.0. The maximum Gasteiger partial charge on any atom is 0.282 e. The Morgan fingerprint density at radius 3 is 2.57 bits per heavy atom. The molecule has 0 N–H and O–H groups in total. The molecule has 0 spiro atoms. The SMILES string of the molecule is CCOc1cc(C=Nn2c(-c3cc4cc(Cl)ccc4o3)nc3ccccc3c2=O)c(Br)cc1OCc1ccc(Br)cc1. The number of ether oxygens (including phenoxy) is 2. The fourth-order valence-electron chi connectivity index (χ4n) is 4.41. The lowest BCUT2D eigenvalue weighted by Crippen LogP contribution is -2.20. The molecule has 0 aliphatic rings. The Bertz CT molecular complexity index is 2020. The Hall–Kier alpha value is -3.92. The van der Waals surface area contributed by atoms with Gasteiger partial charge >= 0.3 is 0 Å². The van der Waals surface area contributed by atoms with Crippen LogP contribution in [0.2, 0.25) is 5.02 Å². The number of hydrogen-bond acceptors (Lipinski definition) is 6. The molecule has 2 heterocycles. The average molecular weight is 708 g/mol. The topological polar surface area (TPSA) is 78.9 Å². The number of hydrogen-bond donors (Lipinski definition) is 0. The maximum absolute atomic E-state index is 13.6. The monoisotopic (exact) mass is 705 g/mol. The molecule has 0 amide bonds. The van der Waals surface area contributed by atoms with Crippen LogP contribution in [0.4, 0.5) is 0 Å². The average Bonchev–Trinajstić information content (AvgIpc) is 3.41. The van der Waals surface area contributed by atoms with E-state index in [-0.39, 0.29) is 11.4 Å². The first-order valence-corrected chi connectivity index (χ1v) is 14.9. The predicted molar refractivity (Wildman–Crippen MR) is 173 cm³/mol. The minimum absolute atomic E-state index is 0.262. The van der Waals surface area contributed by atoms with Crippen molar-refractivity contribution in [1.82, 2.24) is 9.66 Å². The largest absolute Gasteiger partial charge is 0.490 e. The third-order valence-corrected chi connectivity index (χ3v) is 7.89. The predicted octanol–water partition coefficient (Wildman–Crippen LogP) is 8.85. The van der Waals surface area contributed by atoms with Crippen LogP contribution in [0.5, 0.6) is 11.5 Å². The number of nitrogens with zero attached hydrogens (tertiary/aromatic N) is 3. The first-order valence-electron chi connectivity index (χ1n) is 13.0. The van der Waals surface area contributed by atoms with Crippen molar-refractivity contribution in [2.24, 2.45) is 5.10 Å². The van der Waals surface area contributed by atoms with Crippen LogP contribution in [0.15, 0.2) is 108 Å². The van der Waals surface area contributed by atoms with E-state index in [0.717, 1.165) is 15.4 Å². The van der Waals surface area contributed by atoms with Gasteiger partial charge < -0.3 is 13.9 Å². The number of fused-ring (bicyclic) bond motifs is 2. The highest BCUT2D eigenvalue weighted by Gasteiger charge is 2.17. The van der Waals surface area contributed by atoms with Gasteiger partial charge in [-0.05, 0) is 89.1 Å². The van der Waals surface area contributed by atoms with Crippen molar-refractivity contribution in [2.75, 3.05) is 6.61 Å². The number of benzene rings is 4. The van der Waals surface area contributed by atoms with Crippen LogP contribution < -0.4 is 15.0 Å². The molecule has 4 aromatic carbocycles. The quantitative estimate of drug-likeness (QED) is 0.148. The van der Waals surface area contributed by atoms with Crippen molar-refractivity contribution in [2.45, 2.75) is 13.5 Å². The van der Waals surface area contributed by atoms with E-state index in [9.17, 15) is 4.79 Å². The van der Waals surface area contributed by atoms with Crippen molar-refractivity contribution in [3.63, 3.8) is 0 Å². The number of furan rings is 1. The summed E-state index contributed by atoms with van der Waals surface area (Å²) in [6, 6.07) is 25.8. The molecule has 0 unspecified atom stereocenters. The van der Waals surface area contributed by atoms with E-state index < -0.39 is 0 Å². The molecule has 10 heteroatoms. The number of rotatable bonds is 8. The van der Waals surface area contributed by atoms with Crippen molar-refractivity contribution in [3.8, 4) is 23.1 Å². The minimum atomic E-state index is -0.332. The number of halogens is 3. The van der Waals surface area contributed by atoms with E-state index in [0.29, 0.717) is 62.0 Å². The van der Waals surface area contributed by atoms with Crippen LogP contribution in [0, 0.1) is 0 Å². The van der Waals surface area contributed by atoms with Gasteiger partial charge in [-0.1, -0.05) is 51.8 Å². The lowest BCUT2D eigenvalue weighted by Gasteiger charge is -2.14. The summed E-state index contributed by atoms with van der Waals surface area (Å²) in [7, 11) is 0. The van der Waals surface area contributed by atoms with Gasteiger partial charge in [0.25, 0.3) is 5.56 Å². The smallest absolute Gasteiger partial charge is 0.282 e. The second-order valence-electron chi connectivity index (χ2n) is 9.28. The molecule has 0 saturated carbocycles. The van der Waals surface area contributed by atoms with E-state index in [1.54, 1.807) is 48.7 Å². The molecule has 6 aromatic rings. The molecule has 0 atom stereocenters. The molecule has 42 heavy (non-hydrogen) atoms. The van der Waals surface area contributed by atoms with Gasteiger partial charge in [0.05, 0.1) is 23.7 Å². The fraction of sp³-hybridized carbons (Fsp3) is 0.0938.